The second-order valence-corrected chi connectivity index (χ2v) is 7.45. The average molecular weight is 322 g/mol. The summed E-state index contributed by atoms with van der Waals surface area (Å²) < 4.78 is 0. The Morgan fingerprint density at radius 1 is 0.875 bits per heavy atom. The van der Waals surface area contributed by atoms with Crippen LogP contribution in [0, 0.1) is 18.8 Å². The molecule has 0 radical (unpaired) electrons. The Kier molecular flexibility index (Phi) is 3.18. The number of aryl methyl sites for hydroxylation is 1. The van der Waals surface area contributed by atoms with Gasteiger partial charge in [-0.15, -0.1) is 0 Å². The average Bonchev–Trinajstić information content (AvgIpc) is 3.26. The van der Waals surface area contributed by atoms with Crippen molar-refractivity contribution >= 4 is 11.8 Å². The first-order valence-corrected chi connectivity index (χ1v) is 8.86. The van der Waals surface area contributed by atoms with Crippen LogP contribution in [0.25, 0.3) is 0 Å². The second kappa shape index (κ2) is 5.40. The molecule has 0 aromatic carbocycles. The van der Waals surface area contributed by atoms with Gasteiger partial charge in [-0.1, -0.05) is 0 Å². The highest BCUT2D eigenvalue weighted by atomic mass is 15.3. The molecule has 6 nitrogen and oxygen atoms in total. The van der Waals surface area contributed by atoms with E-state index >= 15 is 0 Å². The second-order valence-electron chi connectivity index (χ2n) is 7.45. The maximum Gasteiger partial charge on any atom is 0.225 e. The first-order chi connectivity index (χ1) is 11.8. The van der Waals surface area contributed by atoms with Crippen molar-refractivity contribution in [3.8, 4) is 0 Å². The lowest BCUT2D eigenvalue weighted by molar-refractivity contribution is 0.533. The van der Waals surface area contributed by atoms with Gasteiger partial charge in [0.1, 0.15) is 12.1 Å². The van der Waals surface area contributed by atoms with Crippen LogP contribution in [0.15, 0.2) is 24.9 Å². The van der Waals surface area contributed by atoms with Gasteiger partial charge in [0.2, 0.25) is 5.95 Å². The molecule has 3 aliphatic rings. The number of rotatable bonds is 3. The minimum absolute atomic E-state index is 0.672. The summed E-state index contributed by atoms with van der Waals surface area (Å²) in [7, 11) is 0. The fourth-order valence-electron chi connectivity index (χ4n) is 4.18. The van der Waals surface area contributed by atoms with Crippen LogP contribution in [-0.4, -0.2) is 46.1 Å². The highest BCUT2D eigenvalue weighted by molar-refractivity contribution is 5.47. The summed E-state index contributed by atoms with van der Waals surface area (Å²) in [5.41, 5.74) is 2.47. The number of hydrogen-bond acceptors (Lipinski definition) is 6. The van der Waals surface area contributed by atoms with E-state index in [4.69, 9.17) is 0 Å². The van der Waals surface area contributed by atoms with Gasteiger partial charge in [-0.05, 0) is 31.2 Å². The molecule has 1 saturated carbocycles. The highest BCUT2D eigenvalue weighted by Gasteiger charge is 2.41. The van der Waals surface area contributed by atoms with Crippen LogP contribution >= 0.6 is 0 Å². The van der Waals surface area contributed by atoms with E-state index in [1.807, 2.05) is 18.6 Å². The predicted molar refractivity (Wildman–Crippen MR) is 92.2 cm³/mol. The third kappa shape index (κ3) is 2.41. The smallest absolute Gasteiger partial charge is 0.225 e. The molecule has 3 fully saturated rings. The predicted octanol–water partition coefficient (Wildman–Crippen LogP) is 2.03. The SMILES string of the molecule is Cc1cncnc1N1CC2CN(c3ncc(C4CC4)cn3)CC2C1. The maximum atomic E-state index is 4.62. The molecule has 1 aliphatic carbocycles. The zero-order valence-electron chi connectivity index (χ0n) is 14.0. The fraction of sp³-hybridized carbons (Fsp3) is 0.556. The zero-order valence-corrected chi connectivity index (χ0v) is 14.0. The van der Waals surface area contributed by atoms with Crippen LogP contribution in [0.2, 0.25) is 0 Å². The molecule has 6 heteroatoms. The van der Waals surface area contributed by atoms with E-state index in [0.29, 0.717) is 11.8 Å². The topological polar surface area (TPSA) is 58.0 Å². The molecule has 0 N–H and O–H groups in total. The van der Waals surface area contributed by atoms with Crippen molar-refractivity contribution in [1.82, 2.24) is 19.9 Å². The van der Waals surface area contributed by atoms with Gasteiger partial charge in [0.15, 0.2) is 0 Å². The third-order valence-electron chi connectivity index (χ3n) is 5.64. The van der Waals surface area contributed by atoms with Gasteiger partial charge in [0, 0.05) is 62.2 Å². The van der Waals surface area contributed by atoms with E-state index in [9.17, 15) is 0 Å². The van der Waals surface area contributed by atoms with Gasteiger partial charge in [-0.2, -0.15) is 0 Å². The molecule has 24 heavy (non-hydrogen) atoms. The summed E-state index contributed by atoms with van der Waals surface area (Å²) in [4.78, 5) is 22.6. The lowest BCUT2D eigenvalue weighted by Crippen LogP contribution is -2.30. The minimum Gasteiger partial charge on any atom is -0.356 e. The third-order valence-corrected chi connectivity index (χ3v) is 5.64. The van der Waals surface area contributed by atoms with Crippen molar-refractivity contribution in [2.45, 2.75) is 25.7 Å². The van der Waals surface area contributed by atoms with Crippen LogP contribution < -0.4 is 9.80 Å². The van der Waals surface area contributed by atoms with E-state index in [-0.39, 0.29) is 0 Å². The number of aromatic nitrogens is 4. The van der Waals surface area contributed by atoms with Crippen molar-refractivity contribution in [3.63, 3.8) is 0 Å². The monoisotopic (exact) mass is 322 g/mol. The quantitative estimate of drug-likeness (QED) is 0.862. The molecule has 124 valence electrons. The van der Waals surface area contributed by atoms with E-state index in [1.54, 1.807) is 6.33 Å². The Hall–Kier alpha value is -2.24. The molecule has 4 heterocycles. The summed E-state index contributed by atoms with van der Waals surface area (Å²) in [6.07, 6.45) is 10.2. The van der Waals surface area contributed by atoms with Crippen LogP contribution in [0.4, 0.5) is 11.8 Å². The molecule has 2 aromatic rings. The number of fused-ring (bicyclic) bond motifs is 1. The Morgan fingerprint density at radius 3 is 2.17 bits per heavy atom. The van der Waals surface area contributed by atoms with Crippen LogP contribution in [0.3, 0.4) is 0 Å². The highest BCUT2D eigenvalue weighted by Crippen LogP contribution is 2.40. The van der Waals surface area contributed by atoms with Crippen LogP contribution in [0.5, 0.6) is 0 Å². The van der Waals surface area contributed by atoms with Gasteiger partial charge in [-0.25, -0.2) is 19.9 Å². The zero-order chi connectivity index (χ0) is 16.1. The van der Waals surface area contributed by atoms with Gasteiger partial charge >= 0.3 is 0 Å². The normalized spacial score (nSPS) is 26.0. The van der Waals surface area contributed by atoms with Gasteiger partial charge in [0.05, 0.1) is 0 Å². The van der Waals surface area contributed by atoms with Crippen molar-refractivity contribution < 1.29 is 0 Å². The standard InChI is InChI=1S/C18H22N6/c1-12-4-19-11-22-17(12)23-7-15-9-24(10-16(15)8-23)18-20-5-14(6-21-18)13-2-3-13/h4-6,11,13,15-16H,2-3,7-10H2,1H3. The molecule has 0 bridgehead atoms. The molecule has 2 aliphatic heterocycles. The van der Waals surface area contributed by atoms with Crippen molar-refractivity contribution in [2.24, 2.45) is 11.8 Å². The molecule has 2 aromatic heterocycles. The molecule has 5 rings (SSSR count). The molecular weight excluding hydrogens is 300 g/mol. The van der Waals surface area contributed by atoms with Crippen LogP contribution in [-0.2, 0) is 0 Å². The minimum atomic E-state index is 0.672. The Morgan fingerprint density at radius 2 is 1.54 bits per heavy atom. The number of anilines is 2. The van der Waals surface area contributed by atoms with E-state index in [1.165, 1.54) is 18.4 Å². The summed E-state index contributed by atoms with van der Waals surface area (Å²) in [6, 6.07) is 0. The van der Waals surface area contributed by atoms with Gasteiger partial charge < -0.3 is 9.80 Å². The van der Waals surface area contributed by atoms with E-state index in [0.717, 1.165) is 49.4 Å². The molecular formula is C18H22N6. The molecule has 2 saturated heterocycles. The summed E-state index contributed by atoms with van der Waals surface area (Å²) in [5, 5.41) is 0. The lowest BCUT2D eigenvalue weighted by atomic mass is 10.0. The van der Waals surface area contributed by atoms with Crippen molar-refractivity contribution in [2.75, 3.05) is 36.0 Å². The lowest BCUT2D eigenvalue weighted by Gasteiger charge is -2.23. The number of nitrogens with zero attached hydrogens (tertiary/aromatic N) is 6. The Labute approximate surface area is 142 Å². The molecule has 0 spiro atoms. The van der Waals surface area contributed by atoms with Gasteiger partial charge in [0.25, 0.3) is 0 Å². The maximum absolute atomic E-state index is 4.62. The Balaban J connectivity index is 1.27. The Bertz CT molecular complexity index is 727. The molecule has 2 atom stereocenters. The largest absolute Gasteiger partial charge is 0.356 e. The van der Waals surface area contributed by atoms with Gasteiger partial charge in [-0.3, -0.25) is 0 Å². The molecule has 0 amide bonds. The summed E-state index contributed by atoms with van der Waals surface area (Å²) in [5.74, 6) is 4.06. The summed E-state index contributed by atoms with van der Waals surface area (Å²) >= 11 is 0. The van der Waals surface area contributed by atoms with E-state index in [2.05, 4.69) is 36.7 Å². The first-order valence-electron chi connectivity index (χ1n) is 8.86. The first kappa shape index (κ1) is 14.1. The number of hydrogen-bond donors (Lipinski definition) is 0. The van der Waals surface area contributed by atoms with Crippen molar-refractivity contribution in [3.05, 3.63) is 36.0 Å². The van der Waals surface area contributed by atoms with E-state index < -0.39 is 0 Å². The summed E-state index contributed by atoms with van der Waals surface area (Å²) in [6.45, 7) is 6.32. The molecule has 2 unspecified atom stereocenters. The fourth-order valence-corrected chi connectivity index (χ4v) is 4.18. The van der Waals surface area contributed by atoms with Crippen LogP contribution in [0.1, 0.15) is 29.9 Å². The van der Waals surface area contributed by atoms with Crippen molar-refractivity contribution in [1.29, 1.82) is 0 Å².